The number of alkyl halides is 1. The van der Waals surface area contributed by atoms with E-state index in [0.29, 0.717) is 10.8 Å². The summed E-state index contributed by atoms with van der Waals surface area (Å²) in [6.07, 6.45) is 0. The van der Waals surface area contributed by atoms with Crippen LogP contribution in [0.2, 0.25) is 0 Å². The van der Waals surface area contributed by atoms with Crippen LogP contribution >= 0.6 is 11.6 Å². The van der Waals surface area contributed by atoms with Gasteiger partial charge in [0.1, 0.15) is 0 Å². The summed E-state index contributed by atoms with van der Waals surface area (Å²) < 4.78 is 0. The fourth-order valence-electron chi connectivity index (χ4n) is 1.45. The fraction of sp³-hybridized carbons (Fsp3) is 0.100. The number of nitrogens with zero attached hydrogens (tertiary/aromatic N) is 1. The number of hydrogen-bond donors (Lipinski definition) is 2. The summed E-state index contributed by atoms with van der Waals surface area (Å²) >= 11 is 5.69. The fourth-order valence-corrected chi connectivity index (χ4v) is 1.61. The Bertz CT molecular complexity index is 608. The molecule has 0 aliphatic carbocycles. The first-order valence-corrected chi connectivity index (χ1v) is 4.89. The minimum Gasteiger partial charge on any atom is -0.480 e. The average molecular weight is 239 g/mol. The molecule has 0 unspecified atom stereocenters. The van der Waals surface area contributed by atoms with Gasteiger partial charge in [0.15, 0.2) is 5.38 Å². The number of H-pyrrole nitrogens is 1. The molecule has 0 amide bonds. The number of aromatic amines is 1. The van der Waals surface area contributed by atoms with E-state index in [1.54, 1.807) is 24.3 Å². The number of benzene rings is 1. The molecule has 1 aromatic carbocycles. The van der Waals surface area contributed by atoms with Crippen molar-refractivity contribution in [2.75, 3.05) is 0 Å². The quantitative estimate of drug-likeness (QED) is 0.773. The van der Waals surface area contributed by atoms with Crippen molar-refractivity contribution >= 4 is 28.3 Å². The maximum Gasteiger partial charge on any atom is 0.327 e. The van der Waals surface area contributed by atoms with Crippen molar-refractivity contribution in [1.29, 1.82) is 0 Å². The van der Waals surface area contributed by atoms with Crippen LogP contribution in [0.5, 0.6) is 0 Å². The van der Waals surface area contributed by atoms with Crippen molar-refractivity contribution in [2.24, 2.45) is 0 Å². The minimum atomic E-state index is -1.28. The highest BCUT2D eigenvalue weighted by atomic mass is 35.5. The standard InChI is InChI=1S/C10H7ClN2O3/c11-7(10(15)16)8-5-3-1-2-4-6(5)9(14)13-12-8/h1-4,7H,(H,13,14)(H,15,16)/t7-/m1/s1. The molecule has 1 aromatic heterocycles. The van der Waals surface area contributed by atoms with Crippen LogP contribution in [-0.4, -0.2) is 21.3 Å². The Balaban J connectivity index is 2.77. The summed E-state index contributed by atoms with van der Waals surface area (Å²) in [6.45, 7) is 0. The second-order valence-electron chi connectivity index (χ2n) is 3.18. The highest BCUT2D eigenvalue weighted by molar-refractivity contribution is 6.30. The van der Waals surface area contributed by atoms with Gasteiger partial charge in [-0.25, -0.2) is 5.10 Å². The molecule has 0 aliphatic rings. The highest BCUT2D eigenvalue weighted by Gasteiger charge is 2.21. The Hall–Kier alpha value is -1.88. The molecule has 0 aliphatic heterocycles. The van der Waals surface area contributed by atoms with E-state index in [1.165, 1.54) is 0 Å². The Morgan fingerprint density at radius 2 is 2.00 bits per heavy atom. The van der Waals surface area contributed by atoms with Gasteiger partial charge in [-0.2, -0.15) is 5.10 Å². The van der Waals surface area contributed by atoms with Crippen molar-refractivity contribution in [2.45, 2.75) is 5.38 Å². The Kier molecular flexibility index (Phi) is 2.62. The number of rotatable bonds is 2. The first kappa shape index (κ1) is 10.6. The molecule has 0 fully saturated rings. The van der Waals surface area contributed by atoms with Gasteiger partial charge in [-0.3, -0.25) is 9.59 Å². The first-order chi connectivity index (χ1) is 7.61. The normalized spacial score (nSPS) is 12.6. The molecule has 0 saturated heterocycles. The predicted octanol–water partition coefficient (Wildman–Crippen LogP) is 1.29. The van der Waals surface area contributed by atoms with E-state index in [2.05, 4.69) is 10.2 Å². The van der Waals surface area contributed by atoms with Gasteiger partial charge in [0.25, 0.3) is 5.56 Å². The molecule has 2 rings (SSSR count). The third-order valence-corrected chi connectivity index (χ3v) is 2.58. The number of carbonyl (C=O) groups is 1. The zero-order valence-electron chi connectivity index (χ0n) is 7.98. The number of aliphatic carboxylic acids is 1. The Morgan fingerprint density at radius 3 is 2.62 bits per heavy atom. The molecule has 5 nitrogen and oxygen atoms in total. The monoisotopic (exact) mass is 238 g/mol. The lowest BCUT2D eigenvalue weighted by Gasteiger charge is -2.06. The Morgan fingerprint density at radius 1 is 1.38 bits per heavy atom. The maximum atomic E-state index is 11.4. The summed E-state index contributed by atoms with van der Waals surface area (Å²) in [5.74, 6) is -1.20. The summed E-state index contributed by atoms with van der Waals surface area (Å²) in [6, 6.07) is 6.58. The Labute approximate surface area is 94.7 Å². The topological polar surface area (TPSA) is 83.0 Å². The molecule has 0 bridgehead atoms. The van der Waals surface area contributed by atoms with Gasteiger partial charge in [-0.1, -0.05) is 18.2 Å². The minimum absolute atomic E-state index is 0.143. The van der Waals surface area contributed by atoms with E-state index in [1.807, 2.05) is 0 Å². The molecule has 1 atom stereocenters. The number of aromatic nitrogens is 2. The molecule has 0 spiro atoms. The molecule has 2 N–H and O–H groups in total. The van der Waals surface area contributed by atoms with Gasteiger partial charge in [-0.05, 0) is 6.07 Å². The van der Waals surface area contributed by atoms with E-state index in [4.69, 9.17) is 16.7 Å². The van der Waals surface area contributed by atoms with Crippen molar-refractivity contribution in [1.82, 2.24) is 10.2 Å². The van der Waals surface area contributed by atoms with Gasteiger partial charge < -0.3 is 5.11 Å². The summed E-state index contributed by atoms with van der Waals surface area (Å²) in [5, 5.41) is 14.3. The van der Waals surface area contributed by atoms with Crippen LogP contribution in [0.3, 0.4) is 0 Å². The van der Waals surface area contributed by atoms with Crippen molar-refractivity contribution in [3.05, 3.63) is 40.3 Å². The SMILES string of the molecule is O=C(O)[C@H](Cl)c1n[nH]c(=O)c2ccccc12. The second kappa shape index (κ2) is 3.94. The molecule has 16 heavy (non-hydrogen) atoms. The third kappa shape index (κ3) is 1.65. The summed E-state index contributed by atoms with van der Waals surface area (Å²) in [4.78, 5) is 22.2. The maximum absolute atomic E-state index is 11.4. The number of fused-ring (bicyclic) bond motifs is 1. The van der Waals surface area contributed by atoms with E-state index in [0.717, 1.165) is 0 Å². The van der Waals surface area contributed by atoms with Gasteiger partial charge in [0.05, 0.1) is 11.1 Å². The van der Waals surface area contributed by atoms with Crippen molar-refractivity contribution < 1.29 is 9.90 Å². The number of hydrogen-bond acceptors (Lipinski definition) is 3. The highest BCUT2D eigenvalue weighted by Crippen LogP contribution is 2.24. The molecule has 0 radical (unpaired) electrons. The summed E-state index contributed by atoms with van der Waals surface area (Å²) in [7, 11) is 0. The van der Waals surface area contributed by atoms with Crippen LogP contribution in [-0.2, 0) is 4.79 Å². The lowest BCUT2D eigenvalue weighted by Crippen LogP contribution is -2.15. The molecular weight excluding hydrogens is 232 g/mol. The number of carboxylic acid groups (broad SMARTS) is 1. The number of carboxylic acids is 1. The van der Waals surface area contributed by atoms with Crippen LogP contribution in [0.15, 0.2) is 29.1 Å². The van der Waals surface area contributed by atoms with Crippen LogP contribution < -0.4 is 5.56 Å². The number of halogens is 1. The van der Waals surface area contributed by atoms with Gasteiger partial charge >= 0.3 is 5.97 Å². The molecular formula is C10H7ClN2O3. The third-order valence-electron chi connectivity index (χ3n) is 2.18. The smallest absolute Gasteiger partial charge is 0.327 e. The average Bonchev–Trinajstić information content (AvgIpc) is 2.29. The van der Waals surface area contributed by atoms with Crippen molar-refractivity contribution in [3.63, 3.8) is 0 Å². The van der Waals surface area contributed by atoms with Crippen LogP contribution in [0.1, 0.15) is 11.1 Å². The lowest BCUT2D eigenvalue weighted by atomic mass is 10.1. The molecule has 2 aromatic rings. The van der Waals surface area contributed by atoms with Crippen molar-refractivity contribution in [3.8, 4) is 0 Å². The molecule has 1 heterocycles. The van der Waals surface area contributed by atoms with Crippen LogP contribution in [0.25, 0.3) is 10.8 Å². The largest absolute Gasteiger partial charge is 0.480 e. The van der Waals surface area contributed by atoms with E-state index in [-0.39, 0.29) is 11.3 Å². The van der Waals surface area contributed by atoms with E-state index < -0.39 is 11.3 Å². The number of nitrogens with one attached hydrogen (secondary N) is 1. The molecule has 0 saturated carbocycles. The molecule has 82 valence electrons. The summed E-state index contributed by atoms with van der Waals surface area (Å²) in [5.41, 5.74) is -0.224. The van der Waals surface area contributed by atoms with Crippen LogP contribution in [0.4, 0.5) is 0 Å². The zero-order chi connectivity index (χ0) is 11.7. The van der Waals surface area contributed by atoms with Gasteiger partial charge in [0, 0.05) is 5.39 Å². The second-order valence-corrected chi connectivity index (χ2v) is 3.62. The van der Waals surface area contributed by atoms with E-state index in [9.17, 15) is 9.59 Å². The zero-order valence-corrected chi connectivity index (χ0v) is 8.73. The predicted molar refractivity (Wildman–Crippen MR) is 58.6 cm³/mol. The van der Waals surface area contributed by atoms with Crippen LogP contribution in [0, 0.1) is 0 Å². The van der Waals surface area contributed by atoms with E-state index >= 15 is 0 Å². The lowest BCUT2D eigenvalue weighted by molar-refractivity contribution is -0.136. The van der Waals surface area contributed by atoms with Gasteiger partial charge in [-0.15, -0.1) is 11.6 Å². The first-order valence-electron chi connectivity index (χ1n) is 4.45. The van der Waals surface area contributed by atoms with Gasteiger partial charge in [0.2, 0.25) is 0 Å². The molecule has 6 heteroatoms.